The van der Waals surface area contributed by atoms with Crippen molar-refractivity contribution in [1.82, 2.24) is 5.32 Å². The molecule has 0 radical (unpaired) electrons. The van der Waals surface area contributed by atoms with Gasteiger partial charge >= 0.3 is 0 Å². The summed E-state index contributed by atoms with van der Waals surface area (Å²) in [6.07, 6.45) is 1.62. The van der Waals surface area contributed by atoms with E-state index >= 15 is 0 Å². The van der Waals surface area contributed by atoms with E-state index in [2.05, 4.69) is 5.32 Å². The Bertz CT molecular complexity index is 1150. The van der Waals surface area contributed by atoms with Crippen molar-refractivity contribution in [2.75, 3.05) is 23.1 Å². The summed E-state index contributed by atoms with van der Waals surface area (Å²) in [6, 6.07) is 15.2. The van der Waals surface area contributed by atoms with E-state index in [4.69, 9.17) is 16.0 Å². The molecule has 32 heavy (non-hydrogen) atoms. The van der Waals surface area contributed by atoms with Crippen LogP contribution in [-0.2, 0) is 20.6 Å². The predicted molar refractivity (Wildman–Crippen MR) is 130 cm³/mol. The van der Waals surface area contributed by atoms with Crippen LogP contribution in [0.3, 0.4) is 0 Å². The molecule has 9 heteroatoms. The highest BCUT2D eigenvalue weighted by molar-refractivity contribution is 7.98. The Hall–Kier alpha value is -2.42. The molecule has 6 nitrogen and oxygen atoms in total. The van der Waals surface area contributed by atoms with E-state index in [1.807, 2.05) is 26.0 Å². The maximum atomic E-state index is 13.4. The van der Waals surface area contributed by atoms with Crippen molar-refractivity contribution in [3.05, 3.63) is 82.8 Å². The number of carbonyl (C=O) groups excluding carboxylic acids is 1. The molecule has 0 aliphatic rings. The average Bonchev–Trinajstić information content (AvgIpc) is 3.27. The minimum Gasteiger partial charge on any atom is -0.468 e. The van der Waals surface area contributed by atoms with Crippen molar-refractivity contribution in [3.63, 3.8) is 0 Å². The van der Waals surface area contributed by atoms with E-state index in [0.29, 0.717) is 28.8 Å². The van der Waals surface area contributed by atoms with E-state index < -0.39 is 15.9 Å². The van der Waals surface area contributed by atoms with Crippen LogP contribution in [0.2, 0.25) is 5.02 Å². The van der Waals surface area contributed by atoms with Crippen LogP contribution in [0.25, 0.3) is 0 Å². The molecular formula is C23H25ClN2O4S2. The number of nitrogens with one attached hydrogen (secondary N) is 1. The Kier molecular flexibility index (Phi) is 8.28. The van der Waals surface area contributed by atoms with Crippen LogP contribution >= 0.6 is 23.4 Å². The average molecular weight is 493 g/mol. The molecule has 0 unspecified atom stereocenters. The number of furan rings is 1. The van der Waals surface area contributed by atoms with Crippen LogP contribution < -0.4 is 9.62 Å². The molecule has 3 rings (SSSR count). The van der Waals surface area contributed by atoms with Crippen LogP contribution in [0.15, 0.2) is 70.2 Å². The minimum absolute atomic E-state index is 0.113. The molecule has 0 aliphatic carbocycles. The zero-order valence-corrected chi connectivity index (χ0v) is 20.3. The summed E-state index contributed by atoms with van der Waals surface area (Å²) in [7, 11) is -3.96. The van der Waals surface area contributed by atoms with Gasteiger partial charge in [-0.2, -0.15) is 11.8 Å². The third-order valence-electron chi connectivity index (χ3n) is 4.73. The number of nitrogens with zero attached hydrogens (tertiary/aromatic N) is 1. The molecule has 0 atom stereocenters. The van der Waals surface area contributed by atoms with Gasteiger partial charge in [0, 0.05) is 17.3 Å². The lowest BCUT2D eigenvalue weighted by molar-refractivity contribution is -0.119. The molecule has 0 aliphatic heterocycles. The van der Waals surface area contributed by atoms with Gasteiger partial charge in [0.25, 0.3) is 10.0 Å². The lowest BCUT2D eigenvalue weighted by atomic mass is 10.2. The summed E-state index contributed by atoms with van der Waals surface area (Å²) >= 11 is 7.86. The molecule has 170 valence electrons. The summed E-state index contributed by atoms with van der Waals surface area (Å²) in [4.78, 5) is 12.7. The van der Waals surface area contributed by atoms with Crippen molar-refractivity contribution < 1.29 is 17.6 Å². The summed E-state index contributed by atoms with van der Waals surface area (Å²) < 4.78 is 33.1. The predicted octanol–water partition coefficient (Wildman–Crippen LogP) is 4.79. The SMILES string of the molecule is Cc1ccc(S(=O)(=O)N(CC(=O)NCCSCc2ccco2)c2ccc(C)c(Cl)c2)cc1. The molecule has 2 aromatic carbocycles. The number of aryl methyl sites for hydroxylation is 2. The lowest BCUT2D eigenvalue weighted by Crippen LogP contribution is -2.41. The third-order valence-corrected chi connectivity index (χ3v) is 7.91. The summed E-state index contributed by atoms with van der Waals surface area (Å²) in [5, 5.41) is 3.22. The number of benzene rings is 2. The number of amides is 1. The number of hydrogen-bond acceptors (Lipinski definition) is 5. The van der Waals surface area contributed by atoms with Crippen LogP contribution in [0.5, 0.6) is 0 Å². The Balaban J connectivity index is 1.71. The van der Waals surface area contributed by atoms with Gasteiger partial charge in [-0.05, 0) is 55.8 Å². The highest BCUT2D eigenvalue weighted by Crippen LogP contribution is 2.28. The van der Waals surface area contributed by atoms with E-state index in [1.165, 1.54) is 12.1 Å². The van der Waals surface area contributed by atoms with Crippen molar-refractivity contribution >= 4 is 45.0 Å². The molecule has 1 N–H and O–H groups in total. The Morgan fingerprint density at radius 3 is 2.53 bits per heavy atom. The van der Waals surface area contributed by atoms with Crippen LogP contribution in [0.1, 0.15) is 16.9 Å². The first-order valence-electron chi connectivity index (χ1n) is 10.00. The highest BCUT2D eigenvalue weighted by Gasteiger charge is 2.27. The minimum atomic E-state index is -3.96. The van der Waals surface area contributed by atoms with Gasteiger partial charge in [-0.3, -0.25) is 9.10 Å². The maximum absolute atomic E-state index is 13.4. The van der Waals surface area contributed by atoms with Crippen LogP contribution in [-0.4, -0.2) is 33.2 Å². The molecule has 0 spiro atoms. The number of anilines is 1. The van der Waals surface area contributed by atoms with Crippen molar-refractivity contribution in [2.24, 2.45) is 0 Å². The summed E-state index contributed by atoms with van der Waals surface area (Å²) in [6.45, 7) is 3.78. The van der Waals surface area contributed by atoms with Gasteiger partial charge in [-0.1, -0.05) is 35.4 Å². The van der Waals surface area contributed by atoms with Crippen LogP contribution in [0, 0.1) is 13.8 Å². The first-order chi connectivity index (χ1) is 15.3. The van der Waals surface area contributed by atoms with E-state index in [1.54, 1.807) is 48.4 Å². The van der Waals surface area contributed by atoms with Crippen LogP contribution in [0.4, 0.5) is 5.69 Å². The number of hydrogen-bond donors (Lipinski definition) is 1. The first kappa shape index (κ1) is 24.2. The van der Waals surface area contributed by atoms with E-state index in [-0.39, 0.29) is 11.4 Å². The maximum Gasteiger partial charge on any atom is 0.264 e. The van der Waals surface area contributed by atoms with Gasteiger partial charge in [0.05, 0.1) is 22.6 Å². The second-order valence-electron chi connectivity index (χ2n) is 7.24. The van der Waals surface area contributed by atoms with E-state index in [0.717, 1.165) is 21.2 Å². The van der Waals surface area contributed by atoms with Gasteiger partial charge in [0.2, 0.25) is 5.91 Å². The highest BCUT2D eigenvalue weighted by atomic mass is 35.5. The van der Waals surface area contributed by atoms with Crippen molar-refractivity contribution in [1.29, 1.82) is 0 Å². The normalized spacial score (nSPS) is 11.3. The Labute approximate surface area is 198 Å². The molecular weight excluding hydrogens is 468 g/mol. The third kappa shape index (κ3) is 6.31. The van der Waals surface area contributed by atoms with Gasteiger partial charge in [-0.15, -0.1) is 0 Å². The fraction of sp³-hybridized carbons (Fsp3) is 0.261. The van der Waals surface area contributed by atoms with Gasteiger partial charge in [0.1, 0.15) is 12.3 Å². The Morgan fingerprint density at radius 2 is 1.88 bits per heavy atom. The molecule has 1 amide bonds. The zero-order valence-electron chi connectivity index (χ0n) is 17.9. The molecule has 1 heterocycles. The number of halogens is 1. The van der Waals surface area contributed by atoms with Gasteiger partial charge in [0.15, 0.2) is 0 Å². The fourth-order valence-corrected chi connectivity index (χ4v) is 5.25. The smallest absolute Gasteiger partial charge is 0.264 e. The topological polar surface area (TPSA) is 79.6 Å². The lowest BCUT2D eigenvalue weighted by Gasteiger charge is -2.24. The second kappa shape index (κ2) is 10.9. The zero-order chi connectivity index (χ0) is 23.1. The Morgan fingerprint density at radius 1 is 1.12 bits per heavy atom. The first-order valence-corrected chi connectivity index (χ1v) is 13.0. The summed E-state index contributed by atoms with van der Waals surface area (Å²) in [5.41, 5.74) is 2.10. The monoisotopic (exact) mass is 492 g/mol. The number of thioether (sulfide) groups is 1. The number of carbonyl (C=O) groups is 1. The number of sulfonamides is 1. The molecule has 0 saturated heterocycles. The molecule has 0 fully saturated rings. The number of rotatable bonds is 10. The van der Waals surface area contributed by atoms with Crippen molar-refractivity contribution in [2.45, 2.75) is 24.5 Å². The van der Waals surface area contributed by atoms with E-state index in [9.17, 15) is 13.2 Å². The molecule has 0 saturated carbocycles. The molecule has 0 bridgehead atoms. The van der Waals surface area contributed by atoms with Crippen molar-refractivity contribution in [3.8, 4) is 0 Å². The van der Waals surface area contributed by atoms with Gasteiger partial charge < -0.3 is 9.73 Å². The largest absolute Gasteiger partial charge is 0.468 e. The standard InChI is InChI=1S/C23H25ClN2O4S2/c1-17-5-9-21(10-6-17)32(28,29)26(19-8-7-18(2)22(24)14-19)15-23(27)25-11-13-31-16-20-4-3-12-30-20/h3-10,12,14H,11,13,15-16H2,1-2H3,(H,25,27). The molecule has 3 aromatic rings. The van der Waals surface area contributed by atoms with Gasteiger partial charge in [-0.25, -0.2) is 8.42 Å². The quantitative estimate of drug-likeness (QED) is 0.411. The summed E-state index contributed by atoms with van der Waals surface area (Å²) in [5.74, 6) is 1.86. The molecule has 1 aromatic heterocycles. The fourth-order valence-electron chi connectivity index (χ4n) is 2.91. The second-order valence-corrected chi connectivity index (χ2v) is 10.6.